The Labute approximate surface area is 112 Å². The van der Waals surface area contributed by atoms with E-state index >= 15 is 0 Å². The van der Waals surface area contributed by atoms with Gasteiger partial charge in [-0.1, -0.05) is 34.1 Å². The van der Waals surface area contributed by atoms with Crippen LogP contribution >= 0.6 is 11.8 Å². The third-order valence-corrected chi connectivity index (χ3v) is 5.61. The molecule has 17 heavy (non-hydrogen) atoms. The molecule has 1 aliphatic heterocycles. The molecule has 0 amide bonds. The second-order valence-electron chi connectivity index (χ2n) is 6.20. The van der Waals surface area contributed by atoms with Crippen LogP contribution in [0.3, 0.4) is 0 Å². The first kappa shape index (κ1) is 15.3. The summed E-state index contributed by atoms with van der Waals surface area (Å²) in [5.41, 5.74) is 6.83. The van der Waals surface area contributed by atoms with E-state index < -0.39 is 0 Å². The molecule has 2 nitrogen and oxygen atoms in total. The average molecular weight is 258 g/mol. The van der Waals surface area contributed by atoms with Crippen molar-refractivity contribution in [2.45, 2.75) is 52.5 Å². The Balaban J connectivity index is 2.77. The van der Waals surface area contributed by atoms with Gasteiger partial charge in [-0.15, -0.1) is 0 Å². The van der Waals surface area contributed by atoms with Crippen molar-refractivity contribution in [3.05, 3.63) is 0 Å². The molecule has 2 N–H and O–H groups in total. The molecule has 0 aliphatic carbocycles. The Morgan fingerprint density at radius 3 is 2.41 bits per heavy atom. The molecule has 0 spiro atoms. The molecular formula is C14H30N2S. The number of thioether (sulfide) groups is 1. The summed E-state index contributed by atoms with van der Waals surface area (Å²) in [5, 5.41) is 0. The number of unbranched alkanes of at least 4 members (excludes halogenated alkanes) is 1. The highest BCUT2D eigenvalue weighted by molar-refractivity contribution is 7.99. The van der Waals surface area contributed by atoms with E-state index in [2.05, 4.69) is 44.4 Å². The molecule has 102 valence electrons. The Bertz CT molecular complexity index is 230. The van der Waals surface area contributed by atoms with E-state index in [0.29, 0.717) is 5.41 Å². The van der Waals surface area contributed by atoms with Crippen molar-refractivity contribution in [2.24, 2.45) is 11.1 Å². The Morgan fingerprint density at radius 1 is 1.24 bits per heavy atom. The average Bonchev–Trinajstić information content (AvgIpc) is 2.28. The molecular weight excluding hydrogens is 228 g/mol. The molecule has 0 radical (unpaired) electrons. The lowest BCUT2D eigenvalue weighted by molar-refractivity contribution is 0.0720. The van der Waals surface area contributed by atoms with Gasteiger partial charge in [-0.3, -0.25) is 4.90 Å². The predicted molar refractivity (Wildman–Crippen MR) is 79.7 cm³/mol. The quantitative estimate of drug-likeness (QED) is 0.794. The van der Waals surface area contributed by atoms with Crippen molar-refractivity contribution in [2.75, 3.05) is 31.1 Å². The van der Waals surface area contributed by atoms with E-state index in [9.17, 15) is 0 Å². The molecule has 0 saturated carbocycles. The minimum Gasteiger partial charge on any atom is -0.329 e. The highest BCUT2D eigenvalue weighted by Gasteiger charge is 2.42. The van der Waals surface area contributed by atoms with E-state index in [0.717, 1.165) is 13.1 Å². The molecule has 1 heterocycles. The third-order valence-electron chi connectivity index (χ3n) is 3.89. The van der Waals surface area contributed by atoms with E-state index in [1.165, 1.54) is 37.3 Å². The summed E-state index contributed by atoms with van der Waals surface area (Å²) in [6, 6.07) is 0. The first-order valence-electron chi connectivity index (χ1n) is 7.02. The van der Waals surface area contributed by atoms with Gasteiger partial charge in [0, 0.05) is 17.8 Å². The van der Waals surface area contributed by atoms with Gasteiger partial charge >= 0.3 is 0 Å². The lowest BCUT2D eigenvalue weighted by Crippen LogP contribution is -2.60. The van der Waals surface area contributed by atoms with E-state index in [4.69, 9.17) is 5.73 Å². The summed E-state index contributed by atoms with van der Waals surface area (Å²) < 4.78 is 0. The number of hydrogen-bond donors (Lipinski definition) is 1. The molecule has 1 fully saturated rings. The van der Waals surface area contributed by atoms with Crippen molar-refractivity contribution in [3.8, 4) is 0 Å². The summed E-state index contributed by atoms with van der Waals surface area (Å²) in [7, 11) is 0. The smallest absolute Gasteiger partial charge is 0.0427 e. The molecule has 0 aromatic carbocycles. The van der Waals surface area contributed by atoms with Crippen LogP contribution < -0.4 is 5.73 Å². The Morgan fingerprint density at radius 2 is 1.94 bits per heavy atom. The number of rotatable bonds is 6. The van der Waals surface area contributed by atoms with E-state index in [-0.39, 0.29) is 5.54 Å². The van der Waals surface area contributed by atoms with Crippen LogP contribution in [-0.4, -0.2) is 41.6 Å². The first-order chi connectivity index (χ1) is 7.99. The zero-order valence-electron chi connectivity index (χ0n) is 12.1. The molecule has 0 aromatic rings. The maximum atomic E-state index is 6.15. The third kappa shape index (κ3) is 3.87. The second-order valence-corrected chi connectivity index (χ2v) is 7.18. The van der Waals surface area contributed by atoms with Crippen LogP contribution in [0.25, 0.3) is 0 Å². The summed E-state index contributed by atoms with van der Waals surface area (Å²) in [4.78, 5) is 2.64. The van der Waals surface area contributed by atoms with Crippen LogP contribution in [0.5, 0.6) is 0 Å². The van der Waals surface area contributed by atoms with E-state index in [1.807, 2.05) is 0 Å². The summed E-state index contributed by atoms with van der Waals surface area (Å²) in [6.45, 7) is 12.5. The molecule has 1 saturated heterocycles. The van der Waals surface area contributed by atoms with Gasteiger partial charge in [0.1, 0.15) is 0 Å². The molecule has 1 aliphatic rings. The van der Waals surface area contributed by atoms with Crippen LogP contribution in [0.1, 0.15) is 47.0 Å². The minimum absolute atomic E-state index is 0.246. The maximum absolute atomic E-state index is 6.15. The van der Waals surface area contributed by atoms with Gasteiger partial charge in [0.15, 0.2) is 0 Å². The predicted octanol–water partition coefficient (Wildman–Crippen LogP) is 2.97. The number of nitrogens with two attached hydrogens (primary N) is 1. The lowest BCUT2D eigenvalue weighted by atomic mass is 9.78. The van der Waals surface area contributed by atoms with Gasteiger partial charge < -0.3 is 5.73 Å². The van der Waals surface area contributed by atoms with Crippen molar-refractivity contribution in [1.82, 2.24) is 4.90 Å². The summed E-state index contributed by atoms with van der Waals surface area (Å²) >= 11 is 2.09. The normalized spacial score (nSPS) is 28.6. The topological polar surface area (TPSA) is 29.3 Å². The fourth-order valence-electron chi connectivity index (χ4n) is 3.05. The molecule has 3 heteroatoms. The van der Waals surface area contributed by atoms with Crippen LogP contribution in [-0.2, 0) is 0 Å². The second kappa shape index (κ2) is 6.44. The molecule has 1 atom stereocenters. The highest BCUT2D eigenvalue weighted by Crippen LogP contribution is 2.41. The largest absolute Gasteiger partial charge is 0.329 e. The molecule has 0 bridgehead atoms. The maximum Gasteiger partial charge on any atom is 0.0427 e. The van der Waals surface area contributed by atoms with Gasteiger partial charge in [-0.2, -0.15) is 11.8 Å². The zero-order chi connectivity index (χ0) is 12.9. The standard InChI is InChI=1S/C14H30N2S/c1-5-7-8-16(6-2)14(10-15)9-13(3,4)11-17-12-14/h5-12,15H2,1-4H3. The Hall–Kier alpha value is 0.270. The zero-order valence-corrected chi connectivity index (χ0v) is 12.9. The fraction of sp³-hybridized carbons (Fsp3) is 1.00. The fourth-order valence-corrected chi connectivity index (χ4v) is 4.59. The van der Waals surface area contributed by atoms with Gasteiger partial charge in [0.2, 0.25) is 0 Å². The van der Waals surface area contributed by atoms with Crippen molar-refractivity contribution in [1.29, 1.82) is 0 Å². The Kier molecular flexibility index (Phi) is 5.81. The monoisotopic (exact) mass is 258 g/mol. The van der Waals surface area contributed by atoms with Gasteiger partial charge in [0.05, 0.1) is 0 Å². The molecule has 1 rings (SSSR count). The molecule has 0 aromatic heterocycles. The number of nitrogens with zero attached hydrogens (tertiary/aromatic N) is 1. The van der Waals surface area contributed by atoms with E-state index in [1.54, 1.807) is 0 Å². The SMILES string of the molecule is CCCCN(CC)C1(CN)CSCC(C)(C)C1. The highest BCUT2D eigenvalue weighted by atomic mass is 32.2. The van der Waals surface area contributed by atoms with Crippen LogP contribution in [0.15, 0.2) is 0 Å². The van der Waals surface area contributed by atoms with Crippen LogP contribution in [0.2, 0.25) is 0 Å². The lowest BCUT2D eigenvalue weighted by Gasteiger charge is -2.50. The first-order valence-corrected chi connectivity index (χ1v) is 8.18. The van der Waals surface area contributed by atoms with Gasteiger partial charge in [0.25, 0.3) is 0 Å². The van der Waals surface area contributed by atoms with Crippen molar-refractivity contribution < 1.29 is 0 Å². The van der Waals surface area contributed by atoms with Crippen molar-refractivity contribution >= 4 is 11.8 Å². The van der Waals surface area contributed by atoms with Crippen molar-refractivity contribution in [3.63, 3.8) is 0 Å². The van der Waals surface area contributed by atoms with Gasteiger partial charge in [-0.25, -0.2) is 0 Å². The minimum atomic E-state index is 0.246. The molecule has 1 unspecified atom stereocenters. The van der Waals surface area contributed by atoms with Crippen LogP contribution in [0, 0.1) is 5.41 Å². The summed E-state index contributed by atoms with van der Waals surface area (Å²) in [6.07, 6.45) is 3.81. The number of likely N-dealkylation sites (N-methyl/N-ethyl adjacent to an activating group) is 1. The van der Waals surface area contributed by atoms with Gasteiger partial charge in [-0.05, 0) is 37.1 Å². The number of hydrogen-bond acceptors (Lipinski definition) is 3. The summed E-state index contributed by atoms with van der Waals surface area (Å²) in [5.74, 6) is 2.49. The van der Waals surface area contributed by atoms with Crippen LogP contribution in [0.4, 0.5) is 0 Å².